The Morgan fingerprint density at radius 1 is 1.05 bits per heavy atom. The van der Waals surface area contributed by atoms with Gasteiger partial charge in [-0.2, -0.15) is 0 Å². The highest BCUT2D eigenvalue weighted by atomic mass is 16.5. The van der Waals surface area contributed by atoms with Crippen LogP contribution in [0.15, 0.2) is 30.3 Å². The molecule has 0 bridgehead atoms. The summed E-state index contributed by atoms with van der Waals surface area (Å²) < 4.78 is 4.96. The van der Waals surface area contributed by atoms with E-state index in [-0.39, 0.29) is 32.0 Å². The fourth-order valence-electron chi connectivity index (χ4n) is 1.37. The number of amides is 3. The van der Waals surface area contributed by atoms with Crippen molar-refractivity contribution in [1.29, 1.82) is 0 Å². The summed E-state index contributed by atoms with van der Waals surface area (Å²) in [5.74, 6) is 3.98. The molecular formula is C13H18N4O4. The van der Waals surface area contributed by atoms with Crippen LogP contribution in [0.2, 0.25) is 0 Å². The van der Waals surface area contributed by atoms with Crippen LogP contribution in [0.4, 0.5) is 4.79 Å². The summed E-state index contributed by atoms with van der Waals surface area (Å²) in [5, 5.41) is 4.78. The smallest absolute Gasteiger partial charge is 0.407 e. The molecule has 0 atom stereocenters. The van der Waals surface area contributed by atoms with Gasteiger partial charge in [-0.15, -0.1) is 0 Å². The lowest BCUT2D eigenvalue weighted by Crippen LogP contribution is -2.40. The number of hydrogen-bond acceptors (Lipinski definition) is 5. The highest BCUT2D eigenvalue weighted by Gasteiger charge is 2.06. The van der Waals surface area contributed by atoms with Crippen LogP contribution in [0.1, 0.15) is 12.0 Å². The molecule has 0 fully saturated rings. The van der Waals surface area contributed by atoms with Crippen molar-refractivity contribution in [3.05, 3.63) is 35.9 Å². The summed E-state index contributed by atoms with van der Waals surface area (Å²) in [7, 11) is 0. The fraction of sp³-hybridized carbons (Fsp3) is 0.308. The van der Waals surface area contributed by atoms with E-state index >= 15 is 0 Å². The minimum absolute atomic E-state index is 0.0400. The predicted octanol–water partition coefficient (Wildman–Crippen LogP) is -0.591. The van der Waals surface area contributed by atoms with Crippen LogP contribution in [-0.4, -0.2) is 31.0 Å². The number of nitrogens with one attached hydrogen (secondary N) is 3. The molecular weight excluding hydrogens is 276 g/mol. The van der Waals surface area contributed by atoms with Crippen molar-refractivity contribution in [3.8, 4) is 0 Å². The quantitative estimate of drug-likeness (QED) is 0.304. The zero-order valence-electron chi connectivity index (χ0n) is 11.4. The second kappa shape index (κ2) is 9.32. The molecule has 1 aromatic carbocycles. The van der Waals surface area contributed by atoms with Crippen LogP contribution >= 0.6 is 0 Å². The normalized spacial score (nSPS) is 9.57. The molecule has 0 unspecified atom stereocenters. The molecule has 8 nitrogen and oxygen atoms in total. The Hall–Kier alpha value is -2.61. The maximum absolute atomic E-state index is 11.4. The zero-order valence-corrected chi connectivity index (χ0v) is 11.4. The topological polar surface area (TPSA) is 123 Å². The van der Waals surface area contributed by atoms with E-state index < -0.39 is 12.0 Å². The van der Waals surface area contributed by atoms with Crippen molar-refractivity contribution in [2.24, 2.45) is 5.84 Å². The van der Waals surface area contributed by atoms with E-state index in [1.807, 2.05) is 35.8 Å². The van der Waals surface area contributed by atoms with Gasteiger partial charge < -0.3 is 15.4 Å². The summed E-state index contributed by atoms with van der Waals surface area (Å²) in [6.07, 6.45) is -0.565. The lowest BCUT2D eigenvalue weighted by atomic mass is 10.2. The van der Waals surface area contributed by atoms with Crippen molar-refractivity contribution in [1.82, 2.24) is 16.1 Å². The summed E-state index contributed by atoms with van der Waals surface area (Å²) in [6.45, 7) is 0.0764. The minimum Gasteiger partial charge on any atom is -0.445 e. The third-order valence-corrected chi connectivity index (χ3v) is 2.44. The van der Waals surface area contributed by atoms with E-state index in [9.17, 15) is 14.4 Å². The van der Waals surface area contributed by atoms with Crippen LogP contribution < -0.4 is 21.9 Å². The lowest BCUT2D eigenvalue weighted by molar-refractivity contribution is -0.126. The van der Waals surface area contributed by atoms with Crippen molar-refractivity contribution >= 4 is 17.9 Å². The standard InChI is InChI=1S/C13H18N4O4/c14-17-12(19)8-16-11(18)6-7-15-13(20)21-9-10-4-2-1-3-5-10/h1-5H,6-9,14H2,(H,15,20)(H,16,18)(H,17,19). The number of benzene rings is 1. The lowest BCUT2D eigenvalue weighted by Gasteiger charge is -2.07. The number of hydrazine groups is 1. The number of alkyl carbamates (subject to hydrolysis) is 1. The molecule has 0 saturated carbocycles. The zero-order chi connectivity index (χ0) is 15.5. The predicted molar refractivity (Wildman–Crippen MR) is 74.6 cm³/mol. The van der Waals surface area contributed by atoms with Crippen molar-refractivity contribution < 1.29 is 19.1 Å². The van der Waals surface area contributed by atoms with Crippen LogP contribution in [0, 0.1) is 0 Å². The van der Waals surface area contributed by atoms with Crippen molar-refractivity contribution in [2.75, 3.05) is 13.1 Å². The van der Waals surface area contributed by atoms with Crippen molar-refractivity contribution in [2.45, 2.75) is 13.0 Å². The van der Waals surface area contributed by atoms with E-state index in [1.54, 1.807) is 0 Å². The van der Waals surface area contributed by atoms with E-state index in [4.69, 9.17) is 10.6 Å². The number of ether oxygens (including phenoxy) is 1. The number of hydrogen-bond donors (Lipinski definition) is 4. The van der Waals surface area contributed by atoms with Crippen LogP contribution in [0.5, 0.6) is 0 Å². The number of nitrogens with two attached hydrogens (primary N) is 1. The SMILES string of the molecule is NNC(=O)CNC(=O)CCNC(=O)OCc1ccccc1. The maximum atomic E-state index is 11.4. The van der Waals surface area contributed by atoms with Gasteiger partial charge in [-0.25, -0.2) is 10.6 Å². The molecule has 21 heavy (non-hydrogen) atoms. The van der Waals surface area contributed by atoms with Crippen LogP contribution in [0.25, 0.3) is 0 Å². The minimum atomic E-state index is -0.605. The molecule has 0 saturated heterocycles. The van der Waals surface area contributed by atoms with Gasteiger partial charge in [0.25, 0.3) is 5.91 Å². The van der Waals surface area contributed by atoms with Crippen LogP contribution in [-0.2, 0) is 20.9 Å². The van der Waals surface area contributed by atoms with E-state index in [0.29, 0.717) is 0 Å². The van der Waals surface area contributed by atoms with Crippen molar-refractivity contribution in [3.63, 3.8) is 0 Å². The van der Waals surface area contributed by atoms with Gasteiger partial charge >= 0.3 is 6.09 Å². The van der Waals surface area contributed by atoms with Gasteiger partial charge in [0, 0.05) is 13.0 Å². The summed E-state index contributed by atoms with van der Waals surface area (Å²) in [5.41, 5.74) is 2.76. The van der Waals surface area contributed by atoms with Gasteiger partial charge in [0.05, 0.1) is 6.54 Å². The molecule has 0 heterocycles. The molecule has 5 N–H and O–H groups in total. The first-order chi connectivity index (χ1) is 10.1. The van der Waals surface area contributed by atoms with E-state index in [2.05, 4.69) is 10.6 Å². The second-order valence-electron chi connectivity index (χ2n) is 4.08. The second-order valence-corrected chi connectivity index (χ2v) is 4.08. The Labute approximate surface area is 122 Å². The molecule has 0 aliphatic rings. The van der Waals surface area contributed by atoms with Gasteiger partial charge in [-0.1, -0.05) is 30.3 Å². The van der Waals surface area contributed by atoms with Crippen LogP contribution in [0.3, 0.4) is 0 Å². The Morgan fingerprint density at radius 2 is 1.76 bits per heavy atom. The molecule has 3 amide bonds. The maximum Gasteiger partial charge on any atom is 0.407 e. The number of carbonyl (C=O) groups excluding carboxylic acids is 3. The molecule has 114 valence electrons. The molecule has 8 heteroatoms. The number of carbonyl (C=O) groups is 3. The average molecular weight is 294 g/mol. The summed E-state index contributed by atoms with van der Waals surface area (Å²) in [4.78, 5) is 33.4. The molecule has 0 aromatic heterocycles. The first-order valence-electron chi connectivity index (χ1n) is 6.32. The molecule has 0 spiro atoms. The summed E-state index contributed by atoms with van der Waals surface area (Å²) >= 11 is 0. The highest BCUT2D eigenvalue weighted by Crippen LogP contribution is 2.00. The molecule has 0 radical (unpaired) electrons. The van der Waals surface area contributed by atoms with E-state index in [1.165, 1.54) is 0 Å². The number of rotatable bonds is 7. The van der Waals surface area contributed by atoms with Gasteiger partial charge in [0.15, 0.2) is 0 Å². The molecule has 0 aliphatic heterocycles. The molecule has 1 aromatic rings. The monoisotopic (exact) mass is 294 g/mol. The fourth-order valence-corrected chi connectivity index (χ4v) is 1.37. The van der Waals surface area contributed by atoms with Gasteiger partial charge in [-0.3, -0.25) is 15.0 Å². The third kappa shape index (κ3) is 7.53. The van der Waals surface area contributed by atoms with Gasteiger partial charge in [-0.05, 0) is 5.56 Å². The molecule has 0 aliphatic carbocycles. The van der Waals surface area contributed by atoms with Gasteiger partial charge in [0.2, 0.25) is 5.91 Å². The Morgan fingerprint density at radius 3 is 2.43 bits per heavy atom. The Bertz CT molecular complexity index is 478. The highest BCUT2D eigenvalue weighted by molar-refractivity contribution is 5.84. The molecule has 1 rings (SSSR count). The van der Waals surface area contributed by atoms with E-state index in [0.717, 1.165) is 5.56 Å². The average Bonchev–Trinajstić information content (AvgIpc) is 2.51. The Balaban J connectivity index is 2.10. The largest absolute Gasteiger partial charge is 0.445 e. The summed E-state index contributed by atoms with van der Waals surface area (Å²) in [6, 6.07) is 9.23. The first kappa shape index (κ1) is 16.4. The first-order valence-corrected chi connectivity index (χ1v) is 6.32. The third-order valence-electron chi connectivity index (χ3n) is 2.44. The van der Waals surface area contributed by atoms with Gasteiger partial charge in [0.1, 0.15) is 6.61 Å². The Kier molecular flexibility index (Phi) is 7.30.